The minimum atomic E-state index is 0.394. The van der Waals surface area contributed by atoms with E-state index in [0.717, 1.165) is 25.3 Å². The van der Waals surface area contributed by atoms with E-state index in [4.69, 9.17) is 0 Å². The Labute approximate surface area is 78.6 Å². The number of likely N-dealkylation sites (tertiary alicyclic amines) is 1. The summed E-state index contributed by atoms with van der Waals surface area (Å²) in [5, 5.41) is 0. The number of fused-ring (bicyclic) bond motifs is 2. The molecule has 0 aromatic rings. The molecule has 70 valence electrons. The Morgan fingerprint density at radius 2 is 2.23 bits per heavy atom. The van der Waals surface area contributed by atoms with E-state index >= 15 is 0 Å². The minimum absolute atomic E-state index is 0.394. The van der Waals surface area contributed by atoms with Crippen molar-refractivity contribution in [1.29, 1.82) is 0 Å². The van der Waals surface area contributed by atoms with Gasteiger partial charge in [0.2, 0.25) is 5.91 Å². The molecule has 1 amide bonds. The number of rotatable bonds is 1. The van der Waals surface area contributed by atoms with Crippen LogP contribution in [0, 0.1) is 11.8 Å². The Kier molecular flexibility index (Phi) is 1.52. The summed E-state index contributed by atoms with van der Waals surface area (Å²) in [6.07, 6.45) is 9.06. The Balaban J connectivity index is 1.79. The van der Waals surface area contributed by atoms with Crippen LogP contribution in [0.1, 0.15) is 25.7 Å². The normalized spacial score (nSPS) is 42.3. The molecule has 0 aromatic carbocycles. The van der Waals surface area contributed by atoms with Gasteiger partial charge in [-0.05, 0) is 31.1 Å². The van der Waals surface area contributed by atoms with E-state index in [1.807, 2.05) is 0 Å². The third-order valence-electron chi connectivity index (χ3n) is 3.75. The molecule has 2 heteroatoms. The van der Waals surface area contributed by atoms with Crippen LogP contribution in [0.3, 0.4) is 0 Å². The molecule has 1 saturated heterocycles. The molecule has 3 atom stereocenters. The highest BCUT2D eigenvalue weighted by Gasteiger charge is 2.41. The summed E-state index contributed by atoms with van der Waals surface area (Å²) in [5.74, 6) is 1.86. The predicted octanol–water partition coefficient (Wildman–Crippen LogP) is 1.57. The molecule has 3 aliphatic rings. The monoisotopic (exact) mass is 177 g/mol. The van der Waals surface area contributed by atoms with Crippen molar-refractivity contribution in [3.05, 3.63) is 12.2 Å². The first-order valence-electron chi connectivity index (χ1n) is 5.32. The molecule has 0 spiro atoms. The highest BCUT2D eigenvalue weighted by molar-refractivity contribution is 5.78. The summed E-state index contributed by atoms with van der Waals surface area (Å²) in [6, 6.07) is 0.560. The van der Waals surface area contributed by atoms with Gasteiger partial charge in [0.25, 0.3) is 0 Å². The summed E-state index contributed by atoms with van der Waals surface area (Å²) >= 11 is 0. The number of carbonyl (C=O) groups is 1. The Hall–Kier alpha value is -0.790. The van der Waals surface area contributed by atoms with Crippen LogP contribution >= 0.6 is 0 Å². The van der Waals surface area contributed by atoms with Crippen LogP contribution in [0.25, 0.3) is 0 Å². The van der Waals surface area contributed by atoms with Crippen LogP contribution in [0.5, 0.6) is 0 Å². The fraction of sp³-hybridized carbons (Fsp3) is 0.727. The van der Waals surface area contributed by atoms with Crippen LogP contribution in [0.15, 0.2) is 12.2 Å². The molecule has 3 unspecified atom stereocenters. The first-order chi connectivity index (χ1) is 6.34. The molecule has 0 radical (unpaired) electrons. The summed E-state index contributed by atoms with van der Waals surface area (Å²) in [4.78, 5) is 13.7. The molecule has 2 fully saturated rings. The molecule has 3 rings (SSSR count). The van der Waals surface area contributed by atoms with Crippen molar-refractivity contribution in [1.82, 2.24) is 4.90 Å². The van der Waals surface area contributed by atoms with Gasteiger partial charge in [-0.25, -0.2) is 0 Å². The zero-order chi connectivity index (χ0) is 8.84. The lowest BCUT2D eigenvalue weighted by Crippen LogP contribution is -2.38. The number of amides is 1. The molecule has 2 bridgehead atoms. The zero-order valence-electron chi connectivity index (χ0n) is 7.78. The smallest absolute Gasteiger partial charge is 0.222 e. The summed E-state index contributed by atoms with van der Waals surface area (Å²) in [6.45, 7) is 1.01. The van der Waals surface area contributed by atoms with Gasteiger partial charge in [0, 0.05) is 19.0 Å². The molecule has 0 N–H and O–H groups in total. The molecule has 1 aliphatic heterocycles. The summed E-state index contributed by atoms with van der Waals surface area (Å²) in [7, 11) is 0. The van der Waals surface area contributed by atoms with Crippen molar-refractivity contribution in [2.75, 3.05) is 6.54 Å². The van der Waals surface area contributed by atoms with E-state index in [-0.39, 0.29) is 0 Å². The lowest BCUT2D eigenvalue weighted by atomic mass is 10.0. The third-order valence-corrected chi connectivity index (χ3v) is 3.75. The molecular formula is C11H15NO. The maximum Gasteiger partial charge on any atom is 0.222 e. The fourth-order valence-electron chi connectivity index (χ4n) is 3.13. The van der Waals surface area contributed by atoms with E-state index in [9.17, 15) is 4.79 Å². The number of nitrogens with zero attached hydrogens (tertiary/aromatic N) is 1. The average Bonchev–Trinajstić information content (AvgIpc) is 2.77. The molecule has 2 aliphatic carbocycles. The van der Waals surface area contributed by atoms with Gasteiger partial charge in [0.05, 0.1) is 0 Å². The van der Waals surface area contributed by atoms with Crippen molar-refractivity contribution in [2.24, 2.45) is 11.8 Å². The number of carbonyl (C=O) groups excluding carboxylic acids is 1. The van der Waals surface area contributed by atoms with Crippen LogP contribution in [0.2, 0.25) is 0 Å². The number of hydrogen-bond acceptors (Lipinski definition) is 1. The van der Waals surface area contributed by atoms with Crippen molar-refractivity contribution >= 4 is 5.91 Å². The molecular weight excluding hydrogens is 162 g/mol. The highest BCUT2D eigenvalue weighted by atomic mass is 16.2. The van der Waals surface area contributed by atoms with Gasteiger partial charge in [-0.2, -0.15) is 0 Å². The zero-order valence-corrected chi connectivity index (χ0v) is 7.78. The first-order valence-corrected chi connectivity index (χ1v) is 5.32. The van der Waals surface area contributed by atoms with Crippen LogP contribution in [0.4, 0.5) is 0 Å². The van der Waals surface area contributed by atoms with Crippen LogP contribution in [-0.2, 0) is 4.79 Å². The van der Waals surface area contributed by atoms with Gasteiger partial charge < -0.3 is 4.90 Å². The van der Waals surface area contributed by atoms with E-state index in [1.54, 1.807) is 0 Å². The van der Waals surface area contributed by atoms with E-state index < -0.39 is 0 Å². The molecule has 1 saturated carbocycles. The van der Waals surface area contributed by atoms with Gasteiger partial charge in [0.1, 0.15) is 0 Å². The van der Waals surface area contributed by atoms with Crippen molar-refractivity contribution in [3.8, 4) is 0 Å². The summed E-state index contributed by atoms with van der Waals surface area (Å²) < 4.78 is 0. The Morgan fingerprint density at radius 3 is 2.77 bits per heavy atom. The molecule has 0 aromatic heterocycles. The van der Waals surface area contributed by atoms with Crippen molar-refractivity contribution < 1.29 is 4.79 Å². The molecule has 2 nitrogen and oxygen atoms in total. The number of hydrogen-bond donors (Lipinski definition) is 0. The minimum Gasteiger partial charge on any atom is -0.339 e. The van der Waals surface area contributed by atoms with Crippen LogP contribution < -0.4 is 0 Å². The second-order valence-corrected chi connectivity index (χ2v) is 4.54. The second-order valence-electron chi connectivity index (χ2n) is 4.54. The average molecular weight is 177 g/mol. The van der Waals surface area contributed by atoms with E-state index in [1.165, 1.54) is 12.8 Å². The largest absolute Gasteiger partial charge is 0.339 e. The molecule has 13 heavy (non-hydrogen) atoms. The maximum atomic E-state index is 11.5. The summed E-state index contributed by atoms with van der Waals surface area (Å²) in [5.41, 5.74) is 0. The maximum absolute atomic E-state index is 11.5. The first kappa shape index (κ1) is 7.60. The van der Waals surface area contributed by atoms with Crippen molar-refractivity contribution in [2.45, 2.75) is 31.7 Å². The standard InChI is InChI=1S/C11H15NO/c13-11-2-1-5-12(11)10-7-8-3-4-9(10)6-8/h3-4,8-10H,1-2,5-7H2. The third kappa shape index (κ3) is 1.04. The highest BCUT2D eigenvalue weighted by Crippen LogP contribution is 2.42. The number of allylic oxidation sites excluding steroid dienone is 1. The topological polar surface area (TPSA) is 20.3 Å². The predicted molar refractivity (Wildman–Crippen MR) is 50.1 cm³/mol. The quantitative estimate of drug-likeness (QED) is 0.557. The van der Waals surface area contributed by atoms with Gasteiger partial charge in [-0.1, -0.05) is 12.2 Å². The van der Waals surface area contributed by atoms with Crippen LogP contribution in [-0.4, -0.2) is 23.4 Å². The van der Waals surface area contributed by atoms with E-state index in [2.05, 4.69) is 17.1 Å². The van der Waals surface area contributed by atoms with Gasteiger partial charge >= 0.3 is 0 Å². The SMILES string of the molecule is O=C1CCCN1C1CC2C=CC1C2. The van der Waals surface area contributed by atoms with E-state index in [0.29, 0.717) is 17.9 Å². The lowest BCUT2D eigenvalue weighted by molar-refractivity contribution is -0.130. The molecule has 1 heterocycles. The van der Waals surface area contributed by atoms with Crippen molar-refractivity contribution in [3.63, 3.8) is 0 Å². The fourth-order valence-corrected chi connectivity index (χ4v) is 3.13. The Bertz CT molecular complexity index is 271. The Morgan fingerprint density at radius 1 is 1.31 bits per heavy atom. The lowest BCUT2D eigenvalue weighted by Gasteiger charge is -2.29. The van der Waals surface area contributed by atoms with Gasteiger partial charge in [0.15, 0.2) is 0 Å². The second kappa shape index (κ2) is 2.60. The van der Waals surface area contributed by atoms with Gasteiger partial charge in [-0.3, -0.25) is 4.79 Å². The van der Waals surface area contributed by atoms with Gasteiger partial charge in [-0.15, -0.1) is 0 Å².